The van der Waals surface area contributed by atoms with Crippen molar-refractivity contribution >= 4 is 20.9 Å². The van der Waals surface area contributed by atoms with Crippen molar-refractivity contribution in [1.82, 2.24) is 13.9 Å². The molecule has 0 radical (unpaired) electrons. The van der Waals surface area contributed by atoms with Crippen molar-refractivity contribution < 1.29 is 12.8 Å². The average molecular weight is 341 g/mol. The lowest BCUT2D eigenvalue weighted by atomic mass is 10.2. The van der Waals surface area contributed by atoms with E-state index in [1.807, 2.05) is 0 Å². The molecule has 1 aromatic heterocycles. The molecule has 1 aromatic carbocycles. The highest BCUT2D eigenvalue weighted by molar-refractivity contribution is 7.89. The molecule has 23 heavy (non-hydrogen) atoms. The first kappa shape index (κ1) is 15.9. The molecule has 0 spiro atoms. The van der Waals surface area contributed by atoms with Gasteiger partial charge >= 0.3 is 5.69 Å². The van der Waals surface area contributed by atoms with Gasteiger partial charge in [0.15, 0.2) is 0 Å². The van der Waals surface area contributed by atoms with Crippen LogP contribution in [0.5, 0.6) is 0 Å². The molecule has 124 valence electrons. The van der Waals surface area contributed by atoms with Crippen molar-refractivity contribution in [2.45, 2.75) is 30.2 Å². The summed E-state index contributed by atoms with van der Waals surface area (Å²) in [4.78, 5) is 23.7. The van der Waals surface area contributed by atoms with Gasteiger partial charge < -0.3 is 0 Å². The Kier molecular flexibility index (Phi) is 3.28. The van der Waals surface area contributed by atoms with Crippen LogP contribution in [0.25, 0.3) is 10.9 Å². The molecule has 0 saturated heterocycles. The predicted octanol–water partition coefficient (Wildman–Crippen LogP) is 0.207. The molecule has 0 bridgehead atoms. The van der Waals surface area contributed by atoms with Gasteiger partial charge in [-0.1, -0.05) is 0 Å². The van der Waals surface area contributed by atoms with Crippen molar-refractivity contribution in [1.29, 1.82) is 0 Å². The first-order chi connectivity index (χ1) is 10.6. The van der Waals surface area contributed by atoms with Crippen LogP contribution >= 0.6 is 0 Å². The first-order valence-electron chi connectivity index (χ1n) is 6.99. The normalized spacial score (nSPS) is 16.7. The highest BCUT2D eigenvalue weighted by Crippen LogP contribution is 2.36. The summed E-state index contributed by atoms with van der Waals surface area (Å²) in [5, 5.41) is -0.157. The zero-order valence-corrected chi connectivity index (χ0v) is 13.7. The number of halogens is 1. The minimum atomic E-state index is -3.95. The molecule has 0 atom stereocenters. The Morgan fingerprint density at radius 1 is 1.17 bits per heavy atom. The second kappa shape index (κ2) is 4.75. The Morgan fingerprint density at radius 3 is 2.35 bits per heavy atom. The molecule has 3 rings (SSSR count). The van der Waals surface area contributed by atoms with E-state index in [1.165, 1.54) is 14.1 Å². The number of sulfonamides is 1. The van der Waals surface area contributed by atoms with E-state index in [0.717, 1.165) is 21.3 Å². The van der Waals surface area contributed by atoms with Gasteiger partial charge in [0.25, 0.3) is 5.56 Å². The third-order valence-electron chi connectivity index (χ3n) is 4.17. The summed E-state index contributed by atoms with van der Waals surface area (Å²) in [7, 11) is -1.37. The number of aryl methyl sites for hydroxylation is 1. The molecule has 1 N–H and O–H groups in total. The molecule has 0 aliphatic heterocycles. The summed E-state index contributed by atoms with van der Waals surface area (Å²) in [6.45, 7) is 1.75. The largest absolute Gasteiger partial charge is 0.331 e. The van der Waals surface area contributed by atoms with Gasteiger partial charge in [-0.2, -0.15) is 0 Å². The molecule has 0 amide bonds. The smallest absolute Gasteiger partial charge is 0.293 e. The molecule has 2 aromatic rings. The fourth-order valence-electron chi connectivity index (χ4n) is 2.49. The molecular formula is C14H16FN3O4S. The number of benzene rings is 1. The molecule has 1 fully saturated rings. The van der Waals surface area contributed by atoms with Crippen LogP contribution in [-0.2, 0) is 24.1 Å². The standard InChI is InChI=1S/C14H16FN3O4S/c1-14(4-5-14)16-23(21,22)8-6-9-11(10(15)7-8)17(2)13(20)18(3)12(9)19/h6-7,16H,4-5H2,1-3H3. The van der Waals surface area contributed by atoms with E-state index in [2.05, 4.69) is 4.72 Å². The number of hydrogen-bond acceptors (Lipinski definition) is 4. The van der Waals surface area contributed by atoms with Gasteiger partial charge in [-0.05, 0) is 31.9 Å². The van der Waals surface area contributed by atoms with Gasteiger partial charge in [0.1, 0.15) is 5.82 Å². The van der Waals surface area contributed by atoms with Crippen molar-refractivity contribution in [3.63, 3.8) is 0 Å². The summed E-state index contributed by atoms with van der Waals surface area (Å²) < 4.78 is 43.4. The van der Waals surface area contributed by atoms with E-state index in [-0.39, 0.29) is 15.8 Å². The molecule has 7 nitrogen and oxygen atoms in total. The summed E-state index contributed by atoms with van der Waals surface area (Å²) >= 11 is 0. The van der Waals surface area contributed by atoms with E-state index in [4.69, 9.17) is 0 Å². The number of nitrogens with zero attached hydrogens (tertiary/aromatic N) is 2. The molecule has 0 unspecified atom stereocenters. The molecule has 1 aliphatic carbocycles. The van der Waals surface area contributed by atoms with Crippen LogP contribution in [0.15, 0.2) is 26.6 Å². The Morgan fingerprint density at radius 2 is 1.78 bits per heavy atom. The number of nitrogens with one attached hydrogen (secondary N) is 1. The van der Waals surface area contributed by atoms with Gasteiger partial charge in [-0.25, -0.2) is 22.3 Å². The Hall–Kier alpha value is -2.00. The van der Waals surface area contributed by atoms with Crippen LogP contribution in [-0.4, -0.2) is 23.1 Å². The molecule has 1 saturated carbocycles. The lowest BCUT2D eigenvalue weighted by Gasteiger charge is -2.14. The minimum Gasteiger partial charge on any atom is -0.293 e. The number of aromatic nitrogens is 2. The summed E-state index contributed by atoms with van der Waals surface area (Å²) in [6.07, 6.45) is 1.41. The van der Waals surface area contributed by atoms with Crippen LogP contribution in [0.2, 0.25) is 0 Å². The van der Waals surface area contributed by atoms with E-state index < -0.39 is 32.6 Å². The second-order valence-corrected chi connectivity index (χ2v) is 7.86. The number of fused-ring (bicyclic) bond motifs is 1. The zero-order chi connectivity index (χ0) is 17.2. The maximum Gasteiger partial charge on any atom is 0.331 e. The molecule has 9 heteroatoms. The maximum absolute atomic E-state index is 14.4. The molecule has 1 heterocycles. The maximum atomic E-state index is 14.4. The highest BCUT2D eigenvalue weighted by Gasteiger charge is 2.41. The highest BCUT2D eigenvalue weighted by atomic mass is 32.2. The van der Waals surface area contributed by atoms with Gasteiger partial charge in [-0.3, -0.25) is 13.9 Å². The van der Waals surface area contributed by atoms with Gasteiger partial charge in [0.05, 0.1) is 15.8 Å². The van der Waals surface area contributed by atoms with Crippen LogP contribution in [0.4, 0.5) is 4.39 Å². The quantitative estimate of drug-likeness (QED) is 0.864. The summed E-state index contributed by atoms with van der Waals surface area (Å²) in [6, 6.07) is 1.93. The van der Waals surface area contributed by atoms with Crippen molar-refractivity contribution in [3.8, 4) is 0 Å². The topological polar surface area (TPSA) is 90.2 Å². The Balaban J connectivity index is 2.31. The van der Waals surface area contributed by atoms with Gasteiger partial charge in [0.2, 0.25) is 10.0 Å². The second-order valence-electron chi connectivity index (χ2n) is 6.17. The van der Waals surface area contributed by atoms with E-state index in [9.17, 15) is 22.4 Å². The summed E-state index contributed by atoms with van der Waals surface area (Å²) in [5.41, 5.74) is -2.15. The SMILES string of the molecule is Cn1c(=O)c2cc(S(=O)(=O)NC3(C)CC3)cc(F)c2n(C)c1=O. The zero-order valence-electron chi connectivity index (χ0n) is 12.9. The first-order valence-corrected chi connectivity index (χ1v) is 8.47. The summed E-state index contributed by atoms with van der Waals surface area (Å²) in [5.74, 6) is -0.930. The average Bonchev–Trinajstić information content (AvgIpc) is 3.18. The van der Waals surface area contributed by atoms with E-state index in [1.54, 1.807) is 6.92 Å². The molecular weight excluding hydrogens is 325 g/mol. The van der Waals surface area contributed by atoms with Crippen LogP contribution in [0.3, 0.4) is 0 Å². The van der Waals surface area contributed by atoms with Gasteiger partial charge in [0, 0.05) is 19.6 Å². The lowest BCUT2D eigenvalue weighted by molar-refractivity contribution is 0.555. The third kappa shape index (κ3) is 2.49. The number of rotatable bonds is 3. The van der Waals surface area contributed by atoms with Crippen LogP contribution in [0.1, 0.15) is 19.8 Å². The van der Waals surface area contributed by atoms with Crippen LogP contribution < -0.4 is 16.0 Å². The predicted molar refractivity (Wildman–Crippen MR) is 82.3 cm³/mol. The molecule has 1 aliphatic rings. The third-order valence-corrected chi connectivity index (χ3v) is 5.79. The van der Waals surface area contributed by atoms with Crippen LogP contribution in [0, 0.1) is 5.82 Å². The van der Waals surface area contributed by atoms with E-state index >= 15 is 0 Å². The Bertz CT molecular complexity index is 1050. The lowest BCUT2D eigenvalue weighted by Crippen LogP contribution is -2.38. The minimum absolute atomic E-state index is 0.157. The Labute approximate surface area is 131 Å². The van der Waals surface area contributed by atoms with Crippen molar-refractivity contribution in [3.05, 3.63) is 38.8 Å². The van der Waals surface area contributed by atoms with E-state index in [0.29, 0.717) is 12.8 Å². The van der Waals surface area contributed by atoms with Gasteiger partial charge in [-0.15, -0.1) is 0 Å². The fourth-order valence-corrected chi connectivity index (χ4v) is 4.00. The number of hydrogen-bond donors (Lipinski definition) is 1. The van der Waals surface area contributed by atoms with Crippen molar-refractivity contribution in [2.75, 3.05) is 0 Å². The van der Waals surface area contributed by atoms with Crippen molar-refractivity contribution in [2.24, 2.45) is 14.1 Å². The monoisotopic (exact) mass is 341 g/mol. The fraction of sp³-hybridized carbons (Fsp3) is 0.429.